The molecule has 1 aliphatic rings. The van der Waals surface area contributed by atoms with Gasteiger partial charge in [0.05, 0.1) is 17.6 Å². The smallest absolute Gasteiger partial charge is 0.422 e. The third-order valence-corrected chi connectivity index (χ3v) is 5.00. The Kier molecular flexibility index (Phi) is 5.78. The van der Waals surface area contributed by atoms with Gasteiger partial charge >= 0.3 is 6.18 Å². The van der Waals surface area contributed by atoms with Crippen LogP contribution in [0.15, 0.2) is 42.6 Å². The molecule has 1 aromatic heterocycles. The molecule has 2 aromatic rings. The van der Waals surface area contributed by atoms with Gasteiger partial charge in [-0.05, 0) is 43.5 Å². The number of nitrogens with zero attached hydrogens (tertiary/aromatic N) is 1. The van der Waals surface area contributed by atoms with Crippen LogP contribution in [0.5, 0.6) is 5.75 Å². The Labute approximate surface area is 170 Å². The van der Waals surface area contributed by atoms with Gasteiger partial charge in [0.2, 0.25) is 5.91 Å². The summed E-state index contributed by atoms with van der Waals surface area (Å²) in [5.41, 5.74) is -0.999. The number of ether oxygens (including phenoxy) is 1. The average Bonchev–Trinajstić information content (AvgIpc) is 3.40. The fraction of sp³-hybridized carbons (Fsp3) is 0.400. The van der Waals surface area contributed by atoms with Gasteiger partial charge in [-0.2, -0.15) is 13.2 Å². The number of aromatic nitrogens is 1. The molecule has 9 heteroatoms. The highest BCUT2D eigenvalue weighted by molar-refractivity contribution is 6.29. The second-order valence-electron chi connectivity index (χ2n) is 7.38. The number of amides is 1. The van der Waals surface area contributed by atoms with E-state index >= 15 is 0 Å². The van der Waals surface area contributed by atoms with Crippen LogP contribution < -0.4 is 10.1 Å². The summed E-state index contributed by atoms with van der Waals surface area (Å²) < 4.78 is 41.9. The molecule has 3 rings (SSSR count). The Bertz CT molecular complexity index is 881. The van der Waals surface area contributed by atoms with Crippen molar-refractivity contribution in [3.8, 4) is 5.75 Å². The van der Waals surface area contributed by atoms with E-state index in [0.717, 1.165) is 0 Å². The van der Waals surface area contributed by atoms with Crippen LogP contribution in [-0.4, -0.2) is 28.8 Å². The molecule has 1 fully saturated rings. The molecular formula is C20H20ClF3N2O3. The number of hydrogen-bond donors (Lipinski definition) is 2. The summed E-state index contributed by atoms with van der Waals surface area (Å²) >= 11 is 5.75. The lowest BCUT2D eigenvalue weighted by molar-refractivity contribution is -0.153. The molecule has 2 N–H and O–H groups in total. The summed E-state index contributed by atoms with van der Waals surface area (Å²) in [7, 11) is 0. The molecule has 0 aliphatic heterocycles. The predicted molar refractivity (Wildman–Crippen MR) is 100 cm³/mol. The molecule has 1 heterocycles. The molecule has 1 unspecified atom stereocenters. The van der Waals surface area contributed by atoms with Gasteiger partial charge in [0, 0.05) is 11.8 Å². The van der Waals surface area contributed by atoms with E-state index in [0.29, 0.717) is 24.0 Å². The monoisotopic (exact) mass is 428 g/mol. The van der Waals surface area contributed by atoms with Crippen molar-refractivity contribution in [1.29, 1.82) is 0 Å². The Hall–Kier alpha value is -2.32. The van der Waals surface area contributed by atoms with E-state index in [1.807, 2.05) is 0 Å². The number of rotatable bonds is 7. The summed E-state index contributed by atoms with van der Waals surface area (Å²) in [6.07, 6.45) is -1.94. The summed E-state index contributed by atoms with van der Waals surface area (Å²) in [5.74, 6) is -0.302. The molecule has 0 saturated heterocycles. The second kappa shape index (κ2) is 7.84. The number of pyridine rings is 1. The van der Waals surface area contributed by atoms with Gasteiger partial charge in [0.15, 0.2) is 6.61 Å². The fourth-order valence-electron chi connectivity index (χ4n) is 3.08. The molecule has 156 valence electrons. The number of benzene rings is 1. The van der Waals surface area contributed by atoms with Crippen LogP contribution in [0.4, 0.5) is 13.2 Å². The van der Waals surface area contributed by atoms with Crippen molar-refractivity contribution < 1.29 is 27.8 Å². The molecular weight excluding hydrogens is 409 g/mol. The van der Waals surface area contributed by atoms with Crippen LogP contribution in [0.25, 0.3) is 0 Å². The van der Waals surface area contributed by atoms with Crippen LogP contribution in [0.2, 0.25) is 5.15 Å². The highest BCUT2D eigenvalue weighted by Gasteiger charge is 2.46. The Morgan fingerprint density at radius 2 is 2.03 bits per heavy atom. The molecule has 29 heavy (non-hydrogen) atoms. The standard InChI is InChI=1S/C20H20ClF3N2O3/c1-18(28,14-5-6-16(21)25-11-14)10-17(27)26-19(7-8-19)13-3-2-4-15(9-13)29-12-20(22,23)24/h2-6,9,11,28H,7-8,10,12H2,1H3,(H,26,27). The third kappa shape index (κ3) is 5.61. The average molecular weight is 429 g/mol. The van der Waals surface area contributed by atoms with Gasteiger partial charge in [0.1, 0.15) is 10.9 Å². The Balaban J connectivity index is 1.66. The minimum Gasteiger partial charge on any atom is -0.484 e. The molecule has 0 spiro atoms. The van der Waals surface area contributed by atoms with E-state index in [1.165, 1.54) is 31.3 Å². The predicted octanol–water partition coefficient (Wildman–Crippen LogP) is 4.08. The van der Waals surface area contributed by atoms with Crippen molar-refractivity contribution in [1.82, 2.24) is 10.3 Å². The molecule has 0 bridgehead atoms. The second-order valence-corrected chi connectivity index (χ2v) is 7.77. The lowest BCUT2D eigenvalue weighted by atomic mass is 9.93. The van der Waals surface area contributed by atoms with E-state index in [1.54, 1.807) is 18.2 Å². The van der Waals surface area contributed by atoms with Gasteiger partial charge in [-0.1, -0.05) is 29.8 Å². The molecule has 1 aromatic carbocycles. The van der Waals surface area contributed by atoms with Gasteiger partial charge in [-0.25, -0.2) is 4.98 Å². The van der Waals surface area contributed by atoms with Crippen molar-refractivity contribution in [2.45, 2.75) is 43.5 Å². The minimum atomic E-state index is -4.43. The summed E-state index contributed by atoms with van der Waals surface area (Å²) in [6.45, 7) is 0.122. The van der Waals surface area contributed by atoms with E-state index in [9.17, 15) is 23.1 Å². The molecule has 1 aliphatic carbocycles. The van der Waals surface area contributed by atoms with Crippen LogP contribution in [0.3, 0.4) is 0 Å². The maximum absolute atomic E-state index is 12.6. The first-order chi connectivity index (χ1) is 13.5. The lowest BCUT2D eigenvalue weighted by Crippen LogP contribution is -2.39. The quantitative estimate of drug-likeness (QED) is 0.652. The third-order valence-electron chi connectivity index (χ3n) is 4.77. The topological polar surface area (TPSA) is 71.5 Å². The molecule has 1 atom stereocenters. The first-order valence-corrected chi connectivity index (χ1v) is 9.32. The van der Waals surface area contributed by atoms with Crippen LogP contribution >= 0.6 is 11.6 Å². The Morgan fingerprint density at radius 3 is 2.62 bits per heavy atom. The zero-order valence-corrected chi connectivity index (χ0v) is 16.3. The fourth-order valence-corrected chi connectivity index (χ4v) is 3.19. The van der Waals surface area contributed by atoms with Gasteiger partial charge in [0.25, 0.3) is 0 Å². The van der Waals surface area contributed by atoms with E-state index in [-0.39, 0.29) is 23.2 Å². The van der Waals surface area contributed by atoms with E-state index < -0.39 is 23.9 Å². The SMILES string of the molecule is CC(O)(CC(=O)NC1(c2cccc(OCC(F)(F)F)c2)CC1)c1ccc(Cl)nc1. The Morgan fingerprint density at radius 1 is 1.31 bits per heavy atom. The van der Waals surface area contributed by atoms with Crippen LogP contribution in [0.1, 0.15) is 37.3 Å². The molecule has 5 nitrogen and oxygen atoms in total. The number of carbonyl (C=O) groups is 1. The van der Waals surface area contributed by atoms with Gasteiger partial charge in [-0.15, -0.1) is 0 Å². The van der Waals surface area contributed by atoms with Crippen LogP contribution in [-0.2, 0) is 15.9 Å². The number of carbonyl (C=O) groups excluding carboxylic acids is 1. The maximum atomic E-state index is 12.6. The highest BCUT2D eigenvalue weighted by atomic mass is 35.5. The zero-order chi connectivity index (χ0) is 21.3. The number of halogens is 4. The highest BCUT2D eigenvalue weighted by Crippen LogP contribution is 2.46. The first-order valence-electron chi connectivity index (χ1n) is 8.95. The largest absolute Gasteiger partial charge is 0.484 e. The number of aliphatic hydroxyl groups is 1. The van der Waals surface area contributed by atoms with Crippen molar-refractivity contribution in [2.75, 3.05) is 6.61 Å². The van der Waals surface area contributed by atoms with Crippen molar-refractivity contribution in [3.05, 3.63) is 58.9 Å². The number of nitrogens with one attached hydrogen (secondary N) is 1. The van der Waals surface area contributed by atoms with E-state index in [2.05, 4.69) is 10.3 Å². The zero-order valence-electron chi connectivity index (χ0n) is 15.6. The summed E-state index contributed by atoms with van der Waals surface area (Å²) in [6, 6.07) is 9.37. The number of hydrogen-bond acceptors (Lipinski definition) is 4. The van der Waals surface area contributed by atoms with Crippen LogP contribution in [0, 0.1) is 0 Å². The molecule has 1 amide bonds. The van der Waals surface area contributed by atoms with Crippen molar-refractivity contribution in [2.24, 2.45) is 0 Å². The number of alkyl halides is 3. The summed E-state index contributed by atoms with van der Waals surface area (Å²) in [4.78, 5) is 16.5. The van der Waals surface area contributed by atoms with Crippen molar-refractivity contribution >= 4 is 17.5 Å². The first kappa shape index (κ1) is 21.4. The molecule has 1 saturated carbocycles. The summed E-state index contributed by atoms with van der Waals surface area (Å²) in [5, 5.41) is 13.8. The van der Waals surface area contributed by atoms with Crippen molar-refractivity contribution in [3.63, 3.8) is 0 Å². The minimum absolute atomic E-state index is 0.0829. The lowest BCUT2D eigenvalue weighted by Gasteiger charge is -2.25. The van der Waals surface area contributed by atoms with Gasteiger partial charge < -0.3 is 15.2 Å². The molecule has 0 radical (unpaired) electrons. The van der Waals surface area contributed by atoms with E-state index in [4.69, 9.17) is 16.3 Å². The maximum Gasteiger partial charge on any atom is 0.422 e. The van der Waals surface area contributed by atoms with Gasteiger partial charge in [-0.3, -0.25) is 4.79 Å². The normalized spacial score (nSPS) is 17.3.